The molecule has 1 fully saturated rings. The molecule has 4 rings (SSSR count). The van der Waals surface area contributed by atoms with Crippen LogP contribution in [0.15, 0.2) is 42.5 Å². The smallest absolute Gasteiger partial charge is 0.110 e. The van der Waals surface area contributed by atoms with Crippen LogP contribution in [-0.2, 0) is 6.54 Å². The van der Waals surface area contributed by atoms with Crippen LogP contribution in [0.4, 0.5) is 0 Å². The first kappa shape index (κ1) is 11.7. The maximum Gasteiger partial charge on any atom is 0.110 e. The van der Waals surface area contributed by atoms with Gasteiger partial charge in [0.25, 0.3) is 0 Å². The highest BCUT2D eigenvalue weighted by atomic mass is 14.9. The number of nitrogens with zero attached hydrogens (tertiary/aromatic N) is 1. The van der Waals surface area contributed by atoms with E-state index < -0.39 is 0 Å². The monoisotopic (exact) mass is 263 g/mol. The summed E-state index contributed by atoms with van der Waals surface area (Å²) in [5.74, 6) is 1.81. The Morgan fingerprint density at radius 2 is 1.80 bits per heavy atom. The molecule has 1 aromatic heterocycles. The van der Waals surface area contributed by atoms with E-state index in [1.807, 2.05) is 0 Å². The summed E-state index contributed by atoms with van der Waals surface area (Å²) in [5, 5.41) is 0. The van der Waals surface area contributed by atoms with Crippen molar-refractivity contribution >= 4 is 11.0 Å². The maximum atomic E-state index is 5.64. The minimum absolute atomic E-state index is 0.588. The molecule has 3 heteroatoms. The molecule has 0 unspecified atom stereocenters. The topological polar surface area (TPSA) is 54.7 Å². The molecule has 0 atom stereocenters. The van der Waals surface area contributed by atoms with Gasteiger partial charge in [0, 0.05) is 12.5 Å². The lowest BCUT2D eigenvalue weighted by Crippen LogP contribution is -1.95. The van der Waals surface area contributed by atoms with Crippen molar-refractivity contribution in [1.29, 1.82) is 0 Å². The van der Waals surface area contributed by atoms with Gasteiger partial charge in [0.1, 0.15) is 5.82 Å². The van der Waals surface area contributed by atoms with E-state index in [0.717, 1.165) is 22.4 Å². The number of nitrogens with one attached hydrogen (secondary N) is 1. The van der Waals surface area contributed by atoms with Crippen LogP contribution in [0.2, 0.25) is 0 Å². The van der Waals surface area contributed by atoms with Gasteiger partial charge in [-0.1, -0.05) is 30.3 Å². The summed E-state index contributed by atoms with van der Waals surface area (Å²) < 4.78 is 0. The molecule has 0 spiro atoms. The number of nitrogens with two attached hydrogens (primary N) is 1. The number of benzene rings is 2. The van der Waals surface area contributed by atoms with Gasteiger partial charge in [0.15, 0.2) is 0 Å². The van der Waals surface area contributed by atoms with Crippen molar-refractivity contribution in [1.82, 2.24) is 9.97 Å². The summed E-state index contributed by atoms with van der Waals surface area (Å²) in [6.45, 7) is 0.588. The molecule has 100 valence electrons. The van der Waals surface area contributed by atoms with E-state index in [9.17, 15) is 0 Å². The first-order chi connectivity index (χ1) is 9.83. The molecule has 1 heterocycles. The van der Waals surface area contributed by atoms with E-state index in [4.69, 9.17) is 5.73 Å². The van der Waals surface area contributed by atoms with Gasteiger partial charge in [0.2, 0.25) is 0 Å². The molecule has 0 saturated heterocycles. The Kier molecular flexibility index (Phi) is 2.60. The summed E-state index contributed by atoms with van der Waals surface area (Å²) in [7, 11) is 0. The fraction of sp³-hybridized carbons (Fsp3) is 0.235. The summed E-state index contributed by atoms with van der Waals surface area (Å²) in [6.07, 6.45) is 2.54. The van der Waals surface area contributed by atoms with Gasteiger partial charge >= 0.3 is 0 Å². The van der Waals surface area contributed by atoms with Crippen LogP contribution in [0, 0.1) is 0 Å². The molecule has 0 radical (unpaired) electrons. The average Bonchev–Trinajstić information content (AvgIpc) is 3.26. The Morgan fingerprint density at radius 1 is 1.05 bits per heavy atom. The normalized spacial score (nSPS) is 14.8. The quantitative estimate of drug-likeness (QED) is 0.759. The van der Waals surface area contributed by atoms with E-state index in [2.05, 4.69) is 52.4 Å². The number of hydrogen-bond donors (Lipinski definition) is 2. The van der Waals surface area contributed by atoms with E-state index >= 15 is 0 Å². The van der Waals surface area contributed by atoms with Crippen molar-refractivity contribution < 1.29 is 0 Å². The van der Waals surface area contributed by atoms with Crippen LogP contribution in [0.1, 0.15) is 30.1 Å². The van der Waals surface area contributed by atoms with Crippen LogP contribution in [0.3, 0.4) is 0 Å². The zero-order chi connectivity index (χ0) is 13.5. The molecule has 2 aromatic carbocycles. The molecule has 1 aliphatic rings. The first-order valence-electron chi connectivity index (χ1n) is 7.12. The molecule has 0 aliphatic heterocycles. The molecule has 0 amide bonds. The number of rotatable bonds is 3. The van der Waals surface area contributed by atoms with Crippen molar-refractivity contribution in [3.05, 3.63) is 53.9 Å². The second kappa shape index (κ2) is 4.46. The molecule has 3 aromatic rings. The molecule has 0 bridgehead atoms. The Morgan fingerprint density at radius 3 is 2.50 bits per heavy atom. The molecule has 1 saturated carbocycles. The summed E-state index contributed by atoms with van der Waals surface area (Å²) in [5.41, 5.74) is 11.4. The minimum atomic E-state index is 0.588. The molecule has 3 nitrogen and oxygen atoms in total. The van der Waals surface area contributed by atoms with Gasteiger partial charge < -0.3 is 10.7 Å². The predicted octanol–water partition coefficient (Wildman–Crippen LogP) is 3.57. The van der Waals surface area contributed by atoms with Crippen molar-refractivity contribution in [3.63, 3.8) is 0 Å². The van der Waals surface area contributed by atoms with Crippen molar-refractivity contribution in [3.8, 4) is 11.1 Å². The first-order valence-corrected chi connectivity index (χ1v) is 7.12. The second-order valence-electron chi connectivity index (χ2n) is 5.53. The van der Waals surface area contributed by atoms with Gasteiger partial charge in [0.05, 0.1) is 11.0 Å². The molecule has 20 heavy (non-hydrogen) atoms. The number of hydrogen-bond acceptors (Lipinski definition) is 2. The van der Waals surface area contributed by atoms with Gasteiger partial charge in [-0.15, -0.1) is 0 Å². The fourth-order valence-corrected chi connectivity index (χ4v) is 2.59. The third kappa shape index (κ3) is 2.00. The van der Waals surface area contributed by atoms with Gasteiger partial charge in [-0.05, 0) is 41.7 Å². The fourth-order valence-electron chi connectivity index (χ4n) is 2.59. The van der Waals surface area contributed by atoms with Crippen molar-refractivity contribution in [2.75, 3.05) is 0 Å². The lowest BCUT2D eigenvalue weighted by molar-refractivity contribution is 0.986. The number of aromatic nitrogens is 2. The summed E-state index contributed by atoms with van der Waals surface area (Å²) >= 11 is 0. The van der Waals surface area contributed by atoms with Crippen LogP contribution in [0.25, 0.3) is 22.2 Å². The van der Waals surface area contributed by atoms with E-state index in [1.54, 1.807) is 0 Å². The van der Waals surface area contributed by atoms with Crippen molar-refractivity contribution in [2.45, 2.75) is 25.3 Å². The number of imidazole rings is 1. The lowest BCUT2D eigenvalue weighted by Gasteiger charge is -2.03. The van der Waals surface area contributed by atoms with Crippen LogP contribution >= 0.6 is 0 Å². The average molecular weight is 263 g/mol. The SMILES string of the molecule is NCc1ccc(-c2ccc3nc(C4CC4)[nH]c3c2)cc1. The Bertz CT molecular complexity index is 752. The minimum Gasteiger partial charge on any atom is -0.342 e. The van der Waals surface area contributed by atoms with Crippen molar-refractivity contribution in [2.24, 2.45) is 5.73 Å². The standard InChI is InChI=1S/C17H17N3/c18-10-11-1-3-12(4-2-11)14-7-8-15-16(9-14)20-17(19-15)13-5-6-13/h1-4,7-9,13H,5-6,10,18H2,(H,19,20). The Hall–Kier alpha value is -2.13. The van der Waals surface area contributed by atoms with E-state index in [-0.39, 0.29) is 0 Å². The van der Waals surface area contributed by atoms with E-state index in [0.29, 0.717) is 12.5 Å². The van der Waals surface area contributed by atoms with Crippen LogP contribution in [-0.4, -0.2) is 9.97 Å². The molecule has 3 N–H and O–H groups in total. The van der Waals surface area contributed by atoms with Crippen LogP contribution < -0.4 is 5.73 Å². The third-order valence-corrected chi connectivity index (χ3v) is 3.99. The number of fused-ring (bicyclic) bond motifs is 1. The zero-order valence-corrected chi connectivity index (χ0v) is 11.3. The zero-order valence-electron chi connectivity index (χ0n) is 11.3. The predicted molar refractivity (Wildman–Crippen MR) is 81.4 cm³/mol. The number of aromatic amines is 1. The molecular weight excluding hydrogens is 246 g/mol. The largest absolute Gasteiger partial charge is 0.342 e. The highest BCUT2D eigenvalue weighted by molar-refractivity contribution is 5.82. The summed E-state index contributed by atoms with van der Waals surface area (Å²) in [6, 6.07) is 14.8. The maximum absolute atomic E-state index is 5.64. The lowest BCUT2D eigenvalue weighted by atomic mass is 10.0. The molecular formula is C17H17N3. The third-order valence-electron chi connectivity index (χ3n) is 3.99. The highest BCUT2D eigenvalue weighted by Gasteiger charge is 2.26. The molecule has 1 aliphatic carbocycles. The highest BCUT2D eigenvalue weighted by Crippen LogP contribution is 2.39. The Balaban J connectivity index is 1.74. The Labute approximate surface area is 117 Å². The van der Waals surface area contributed by atoms with Gasteiger partial charge in [-0.25, -0.2) is 4.98 Å². The number of H-pyrrole nitrogens is 1. The summed E-state index contributed by atoms with van der Waals surface area (Å²) in [4.78, 5) is 8.12. The van der Waals surface area contributed by atoms with Crippen LogP contribution in [0.5, 0.6) is 0 Å². The van der Waals surface area contributed by atoms with Gasteiger partial charge in [-0.2, -0.15) is 0 Å². The van der Waals surface area contributed by atoms with Gasteiger partial charge in [-0.3, -0.25) is 0 Å². The second-order valence-corrected chi connectivity index (χ2v) is 5.53. The van der Waals surface area contributed by atoms with E-state index in [1.165, 1.54) is 24.0 Å².